The minimum Gasteiger partial charge on any atom is -0.393 e. The highest BCUT2D eigenvalue weighted by atomic mass is 16.5. The third-order valence-electron chi connectivity index (χ3n) is 9.59. The van der Waals surface area contributed by atoms with Crippen LogP contribution in [0.15, 0.2) is 24.0 Å². The molecule has 170 valence electrons. The van der Waals surface area contributed by atoms with Crippen molar-refractivity contribution in [2.24, 2.45) is 34.5 Å². The van der Waals surface area contributed by atoms with E-state index in [2.05, 4.69) is 18.1 Å². The van der Waals surface area contributed by atoms with Gasteiger partial charge >= 0.3 is 0 Å². The zero-order valence-corrected chi connectivity index (χ0v) is 19.3. The SMILES string of the molecule is COCC12CCC(O)CC1CCC1C2=CCC2(C)C(C(=O)Cn3cc(C)cn3)CCC12. The van der Waals surface area contributed by atoms with Crippen LogP contribution < -0.4 is 0 Å². The van der Waals surface area contributed by atoms with E-state index in [1.165, 1.54) is 12.8 Å². The second-order valence-electron chi connectivity index (χ2n) is 11.2. The number of allylic oxidation sites excluding steroid dienone is 1. The molecule has 7 unspecified atom stereocenters. The van der Waals surface area contributed by atoms with Crippen LogP contribution in [-0.4, -0.2) is 40.5 Å². The molecular weight excluding hydrogens is 388 g/mol. The molecule has 0 spiro atoms. The van der Waals surface area contributed by atoms with Crippen molar-refractivity contribution in [2.75, 3.05) is 13.7 Å². The van der Waals surface area contributed by atoms with Crippen LogP contribution in [-0.2, 0) is 16.1 Å². The average molecular weight is 427 g/mol. The summed E-state index contributed by atoms with van der Waals surface area (Å²) in [5.74, 6) is 2.17. The predicted octanol–water partition coefficient (Wildman–Crippen LogP) is 4.33. The number of ether oxygens (including phenoxy) is 1. The number of hydrogen-bond acceptors (Lipinski definition) is 4. The van der Waals surface area contributed by atoms with Gasteiger partial charge in [-0.3, -0.25) is 9.48 Å². The van der Waals surface area contributed by atoms with E-state index in [9.17, 15) is 9.90 Å². The lowest BCUT2D eigenvalue weighted by atomic mass is 9.48. The standard InChI is InChI=1S/C26H38N2O3/c1-17-13-27-28(14-17)15-24(30)23-7-6-21-20-5-4-18-12-19(29)8-11-26(18,16-31-3)22(20)9-10-25(21,23)2/h9,13-14,18-21,23,29H,4-8,10-12,15-16H2,1-3H3. The second-order valence-corrected chi connectivity index (χ2v) is 11.2. The van der Waals surface area contributed by atoms with E-state index in [0.717, 1.165) is 50.7 Å². The molecule has 31 heavy (non-hydrogen) atoms. The molecule has 1 N–H and O–H groups in total. The van der Waals surface area contributed by atoms with Gasteiger partial charge in [0.25, 0.3) is 0 Å². The van der Waals surface area contributed by atoms with Gasteiger partial charge in [-0.05, 0) is 87.0 Å². The lowest BCUT2D eigenvalue weighted by Crippen LogP contribution is -2.52. The number of carbonyl (C=O) groups is 1. The highest BCUT2D eigenvalue weighted by Crippen LogP contribution is 2.65. The third kappa shape index (κ3) is 3.34. The molecule has 1 heterocycles. The molecule has 5 rings (SSSR count). The lowest BCUT2D eigenvalue weighted by molar-refractivity contribution is -0.128. The maximum atomic E-state index is 13.3. The minimum absolute atomic E-state index is 0.0583. The van der Waals surface area contributed by atoms with Crippen molar-refractivity contribution < 1.29 is 14.6 Å². The van der Waals surface area contributed by atoms with Gasteiger partial charge in [0, 0.05) is 24.6 Å². The number of rotatable bonds is 5. The summed E-state index contributed by atoms with van der Waals surface area (Å²) in [5.41, 5.74) is 2.89. The number of aryl methyl sites for hydroxylation is 1. The van der Waals surface area contributed by atoms with Crippen LogP contribution in [0.4, 0.5) is 0 Å². The number of carbonyl (C=O) groups excluding carboxylic acids is 1. The van der Waals surface area contributed by atoms with Crippen LogP contribution >= 0.6 is 0 Å². The monoisotopic (exact) mass is 426 g/mol. The first-order chi connectivity index (χ1) is 14.9. The van der Waals surface area contributed by atoms with Gasteiger partial charge in [0.05, 0.1) is 25.5 Å². The highest BCUT2D eigenvalue weighted by molar-refractivity contribution is 5.82. The van der Waals surface area contributed by atoms with E-state index in [-0.39, 0.29) is 22.9 Å². The number of hydrogen-bond donors (Lipinski definition) is 1. The van der Waals surface area contributed by atoms with Crippen LogP contribution in [0.2, 0.25) is 0 Å². The Balaban J connectivity index is 1.42. The number of aliphatic hydroxyl groups is 1. The molecule has 0 bridgehead atoms. The Bertz CT molecular complexity index is 876. The molecule has 0 aliphatic heterocycles. The third-order valence-corrected chi connectivity index (χ3v) is 9.59. The quantitative estimate of drug-likeness (QED) is 0.712. The number of ketones is 1. The summed E-state index contributed by atoms with van der Waals surface area (Å²) in [6, 6.07) is 0. The molecular formula is C26H38N2O3. The van der Waals surface area contributed by atoms with Crippen molar-refractivity contribution in [1.29, 1.82) is 0 Å². The number of fused-ring (bicyclic) bond motifs is 5. The molecule has 5 nitrogen and oxygen atoms in total. The van der Waals surface area contributed by atoms with E-state index in [1.54, 1.807) is 5.57 Å². The number of aromatic nitrogens is 2. The van der Waals surface area contributed by atoms with E-state index < -0.39 is 0 Å². The van der Waals surface area contributed by atoms with Gasteiger partial charge < -0.3 is 9.84 Å². The molecule has 1 aromatic rings. The van der Waals surface area contributed by atoms with Gasteiger partial charge in [-0.25, -0.2) is 0 Å². The van der Waals surface area contributed by atoms with Crippen LogP contribution in [0.1, 0.15) is 63.9 Å². The van der Waals surface area contributed by atoms with Gasteiger partial charge in [0.2, 0.25) is 0 Å². The largest absolute Gasteiger partial charge is 0.393 e. The first-order valence-corrected chi connectivity index (χ1v) is 12.3. The summed E-state index contributed by atoms with van der Waals surface area (Å²) >= 11 is 0. The van der Waals surface area contributed by atoms with Gasteiger partial charge in [-0.1, -0.05) is 18.6 Å². The van der Waals surface area contributed by atoms with Crippen molar-refractivity contribution in [3.63, 3.8) is 0 Å². The van der Waals surface area contributed by atoms with Gasteiger partial charge in [0.1, 0.15) is 0 Å². The van der Waals surface area contributed by atoms with E-state index in [0.29, 0.717) is 30.1 Å². The fraction of sp³-hybridized carbons (Fsp3) is 0.769. The van der Waals surface area contributed by atoms with Gasteiger partial charge in [-0.2, -0.15) is 5.10 Å². The van der Waals surface area contributed by atoms with Crippen molar-refractivity contribution >= 4 is 5.78 Å². The van der Waals surface area contributed by atoms with Crippen molar-refractivity contribution in [3.05, 3.63) is 29.6 Å². The summed E-state index contributed by atoms with van der Waals surface area (Å²) in [7, 11) is 1.83. The van der Waals surface area contributed by atoms with Crippen LogP contribution in [0.25, 0.3) is 0 Å². The Kier molecular flexibility index (Phi) is 5.41. The fourth-order valence-corrected chi connectivity index (χ4v) is 8.18. The lowest BCUT2D eigenvalue weighted by Gasteiger charge is -2.57. The first-order valence-electron chi connectivity index (χ1n) is 12.3. The Labute approximate surface area is 186 Å². The zero-order chi connectivity index (χ0) is 21.8. The van der Waals surface area contributed by atoms with Crippen LogP contribution in [0.5, 0.6) is 0 Å². The van der Waals surface area contributed by atoms with Gasteiger partial charge in [-0.15, -0.1) is 0 Å². The normalized spacial score (nSPS) is 41.8. The maximum absolute atomic E-state index is 13.3. The summed E-state index contributed by atoms with van der Waals surface area (Å²) < 4.78 is 7.61. The number of nitrogens with zero attached hydrogens (tertiary/aromatic N) is 2. The first kappa shape index (κ1) is 21.4. The van der Waals surface area contributed by atoms with Crippen LogP contribution in [0.3, 0.4) is 0 Å². The topological polar surface area (TPSA) is 64.3 Å². The number of Topliss-reactive ketones (excluding diaryl/α,β-unsaturated/α-hetero) is 1. The Morgan fingerprint density at radius 1 is 1.29 bits per heavy atom. The predicted molar refractivity (Wildman–Crippen MR) is 119 cm³/mol. The molecule has 7 atom stereocenters. The van der Waals surface area contributed by atoms with Crippen molar-refractivity contribution in [1.82, 2.24) is 9.78 Å². The molecule has 3 fully saturated rings. The highest BCUT2D eigenvalue weighted by Gasteiger charge is 2.59. The van der Waals surface area contributed by atoms with Crippen molar-refractivity contribution in [3.8, 4) is 0 Å². The molecule has 0 aromatic carbocycles. The zero-order valence-electron chi connectivity index (χ0n) is 19.3. The maximum Gasteiger partial charge on any atom is 0.157 e. The van der Waals surface area contributed by atoms with E-state index >= 15 is 0 Å². The van der Waals surface area contributed by atoms with Gasteiger partial charge in [0.15, 0.2) is 5.78 Å². The molecule has 4 aliphatic carbocycles. The average Bonchev–Trinajstić information content (AvgIpc) is 3.30. The Morgan fingerprint density at radius 3 is 2.87 bits per heavy atom. The molecule has 4 aliphatic rings. The number of aliphatic hydroxyl groups excluding tert-OH is 1. The molecule has 1 aromatic heterocycles. The second kappa shape index (κ2) is 7.84. The molecule has 5 heteroatoms. The van der Waals surface area contributed by atoms with Crippen molar-refractivity contribution in [2.45, 2.75) is 77.9 Å². The summed E-state index contributed by atoms with van der Waals surface area (Å²) in [4.78, 5) is 13.3. The summed E-state index contributed by atoms with van der Waals surface area (Å²) in [6.45, 7) is 5.58. The van der Waals surface area contributed by atoms with E-state index in [4.69, 9.17) is 4.74 Å². The minimum atomic E-state index is -0.152. The molecule has 0 amide bonds. The Morgan fingerprint density at radius 2 is 2.13 bits per heavy atom. The van der Waals surface area contributed by atoms with Crippen LogP contribution in [0, 0.1) is 41.4 Å². The molecule has 3 saturated carbocycles. The smallest absolute Gasteiger partial charge is 0.157 e. The van der Waals surface area contributed by atoms with E-state index in [1.807, 2.05) is 31.1 Å². The molecule has 0 radical (unpaired) electrons. The fourth-order valence-electron chi connectivity index (χ4n) is 8.18. The Hall–Kier alpha value is -1.46. The molecule has 0 saturated heterocycles. The summed E-state index contributed by atoms with van der Waals surface area (Å²) in [5, 5.41) is 14.7. The summed E-state index contributed by atoms with van der Waals surface area (Å²) in [6.07, 6.45) is 14.6. The number of methoxy groups -OCH3 is 1.